The summed E-state index contributed by atoms with van der Waals surface area (Å²) in [6, 6.07) is 1.77. The molecule has 0 atom stereocenters. The summed E-state index contributed by atoms with van der Waals surface area (Å²) in [4.78, 5) is 17.2. The Bertz CT molecular complexity index is 531. The summed E-state index contributed by atoms with van der Waals surface area (Å²) in [6.07, 6.45) is 5.15. The lowest BCUT2D eigenvalue weighted by molar-refractivity contribution is 0.569. The van der Waals surface area contributed by atoms with E-state index in [2.05, 4.69) is 46.0 Å². The Morgan fingerprint density at radius 3 is 2.22 bits per heavy atom. The zero-order chi connectivity index (χ0) is 13.2. The molecule has 0 amide bonds. The SMILES string of the molecule is CNc1cnc(-c2ncccn2)nc1C(C)(C)C. The van der Waals surface area contributed by atoms with Crippen LogP contribution < -0.4 is 5.32 Å². The van der Waals surface area contributed by atoms with E-state index in [4.69, 9.17) is 0 Å². The lowest BCUT2D eigenvalue weighted by Crippen LogP contribution is -2.17. The van der Waals surface area contributed by atoms with Gasteiger partial charge >= 0.3 is 0 Å². The van der Waals surface area contributed by atoms with Crippen LogP contribution in [0.3, 0.4) is 0 Å². The first-order valence-electron chi connectivity index (χ1n) is 5.85. The smallest absolute Gasteiger partial charge is 0.198 e. The first-order chi connectivity index (χ1) is 8.52. The topological polar surface area (TPSA) is 63.6 Å². The molecular formula is C13H17N5. The molecule has 1 N–H and O–H groups in total. The van der Waals surface area contributed by atoms with Crippen molar-refractivity contribution in [3.8, 4) is 11.6 Å². The fourth-order valence-corrected chi connectivity index (χ4v) is 1.66. The molecule has 0 unspecified atom stereocenters. The summed E-state index contributed by atoms with van der Waals surface area (Å²) in [6.45, 7) is 6.35. The highest BCUT2D eigenvalue weighted by Gasteiger charge is 2.21. The van der Waals surface area contributed by atoms with Gasteiger partial charge in [0.25, 0.3) is 0 Å². The highest BCUT2D eigenvalue weighted by atomic mass is 15.0. The van der Waals surface area contributed by atoms with Crippen LogP contribution in [0.15, 0.2) is 24.7 Å². The van der Waals surface area contributed by atoms with Gasteiger partial charge in [-0.05, 0) is 6.07 Å². The molecule has 0 fully saturated rings. The average Bonchev–Trinajstić information content (AvgIpc) is 2.38. The molecule has 0 radical (unpaired) electrons. The zero-order valence-corrected chi connectivity index (χ0v) is 11.1. The van der Waals surface area contributed by atoms with Crippen LogP contribution in [0.5, 0.6) is 0 Å². The van der Waals surface area contributed by atoms with Crippen LogP contribution in [-0.4, -0.2) is 27.0 Å². The molecule has 0 bridgehead atoms. The van der Waals surface area contributed by atoms with E-state index in [0.29, 0.717) is 11.6 Å². The van der Waals surface area contributed by atoms with Crippen molar-refractivity contribution in [2.24, 2.45) is 0 Å². The summed E-state index contributed by atoms with van der Waals surface area (Å²) in [5.41, 5.74) is 1.83. The van der Waals surface area contributed by atoms with Gasteiger partial charge in [-0.15, -0.1) is 0 Å². The fraction of sp³-hybridized carbons (Fsp3) is 0.385. The van der Waals surface area contributed by atoms with Crippen molar-refractivity contribution in [1.29, 1.82) is 0 Å². The van der Waals surface area contributed by atoms with E-state index in [1.165, 1.54) is 0 Å². The molecule has 0 saturated heterocycles. The molecule has 5 heteroatoms. The second-order valence-corrected chi connectivity index (χ2v) is 5.03. The molecule has 18 heavy (non-hydrogen) atoms. The van der Waals surface area contributed by atoms with Crippen LogP contribution >= 0.6 is 0 Å². The minimum absolute atomic E-state index is 0.0647. The van der Waals surface area contributed by atoms with Gasteiger partial charge in [0.2, 0.25) is 0 Å². The van der Waals surface area contributed by atoms with E-state index < -0.39 is 0 Å². The molecule has 2 aromatic rings. The van der Waals surface area contributed by atoms with Gasteiger partial charge < -0.3 is 5.32 Å². The quantitative estimate of drug-likeness (QED) is 0.876. The van der Waals surface area contributed by atoms with Gasteiger partial charge in [-0.25, -0.2) is 19.9 Å². The third-order valence-corrected chi connectivity index (χ3v) is 2.53. The lowest BCUT2D eigenvalue weighted by atomic mass is 9.91. The average molecular weight is 243 g/mol. The Hall–Kier alpha value is -2.04. The van der Waals surface area contributed by atoms with Gasteiger partial charge in [-0.1, -0.05) is 20.8 Å². The van der Waals surface area contributed by atoms with Gasteiger partial charge in [0.15, 0.2) is 11.6 Å². The van der Waals surface area contributed by atoms with Crippen LogP contribution in [-0.2, 0) is 5.41 Å². The van der Waals surface area contributed by atoms with Crippen molar-refractivity contribution in [2.75, 3.05) is 12.4 Å². The molecule has 0 spiro atoms. The zero-order valence-electron chi connectivity index (χ0n) is 11.1. The van der Waals surface area contributed by atoms with Crippen LogP contribution in [0.4, 0.5) is 5.69 Å². The molecule has 2 heterocycles. The predicted octanol–water partition coefficient (Wildman–Crippen LogP) is 2.27. The third kappa shape index (κ3) is 2.45. The van der Waals surface area contributed by atoms with Crippen LogP contribution in [0, 0.1) is 0 Å². The van der Waals surface area contributed by atoms with Crippen molar-refractivity contribution >= 4 is 5.69 Å². The highest BCUT2D eigenvalue weighted by Crippen LogP contribution is 2.28. The summed E-state index contributed by atoms with van der Waals surface area (Å²) >= 11 is 0. The number of nitrogens with one attached hydrogen (secondary N) is 1. The van der Waals surface area contributed by atoms with E-state index >= 15 is 0 Å². The second kappa shape index (κ2) is 4.68. The molecule has 2 aromatic heterocycles. The van der Waals surface area contributed by atoms with E-state index in [0.717, 1.165) is 11.4 Å². The molecule has 94 valence electrons. The van der Waals surface area contributed by atoms with Gasteiger partial charge in [0.1, 0.15) is 0 Å². The number of rotatable bonds is 2. The molecule has 0 aliphatic carbocycles. The number of hydrogen-bond acceptors (Lipinski definition) is 5. The molecule has 0 aliphatic rings. The molecule has 5 nitrogen and oxygen atoms in total. The first kappa shape index (κ1) is 12.4. The minimum Gasteiger partial charge on any atom is -0.385 e. The third-order valence-electron chi connectivity index (χ3n) is 2.53. The van der Waals surface area contributed by atoms with Crippen molar-refractivity contribution < 1.29 is 0 Å². The Balaban J connectivity index is 2.53. The molecule has 0 saturated carbocycles. The van der Waals surface area contributed by atoms with Gasteiger partial charge in [0.05, 0.1) is 17.6 Å². The number of hydrogen-bond donors (Lipinski definition) is 1. The maximum Gasteiger partial charge on any atom is 0.198 e. The first-order valence-corrected chi connectivity index (χ1v) is 5.85. The molecule has 0 aliphatic heterocycles. The Labute approximate surface area is 107 Å². The van der Waals surface area contributed by atoms with Crippen molar-refractivity contribution in [1.82, 2.24) is 19.9 Å². The summed E-state index contributed by atoms with van der Waals surface area (Å²) in [5, 5.41) is 3.11. The highest BCUT2D eigenvalue weighted by molar-refractivity contribution is 5.53. The molecule has 0 aromatic carbocycles. The normalized spacial score (nSPS) is 11.3. The molecule has 2 rings (SSSR count). The van der Waals surface area contributed by atoms with Gasteiger partial charge in [0, 0.05) is 24.9 Å². The summed E-state index contributed by atoms with van der Waals surface area (Å²) in [7, 11) is 1.87. The standard InChI is InChI=1S/C13H17N5/c1-13(2,3)10-9(14-4)8-17-12(18-10)11-15-6-5-7-16-11/h5-8,14H,1-4H3. The Kier molecular flexibility index (Phi) is 3.23. The second-order valence-electron chi connectivity index (χ2n) is 5.03. The monoisotopic (exact) mass is 243 g/mol. The van der Waals surface area contributed by atoms with Gasteiger partial charge in [-0.2, -0.15) is 0 Å². The largest absolute Gasteiger partial charge is 0.385 e. The van der Waals surface area contributed by atoms with Crippen molar-refractivity contribution in [2.45, 2.75) is 26.2 Å². The minimum atomic E-state index is -0.0647. The van der Waals surface area contributed by atoms with Crippen molar-refractivity contribution in [3.63, 3.8) is 0 Å². The van der Waals surface area contributed by atoms with Crippen LogP contribution in [0.1, 0.15) is 26.5 Å². The fourth-order valence-electron chi connectivity index (χ4n) is 1.66. The predicted molar refractivity (Wildman–Crippen MR) is 71.3 cm³/mol. The maximum absolute atomic E-state index is 4.59. The Morgan fingerprint density at radius 1 is 1.00 bits per heavy atom. The summed E-state index contributed by atoms with van der Waals surface area (Å²) in [5.74, 6) is 1.10. The maximum atomic E-state index is 4.59. The number of aromatic nitrogens is 4. The van der Waals surface area contributed by atoms with Crippen molar-refractivity contribution in [3.05, 3.63) is 30.4 Å². The van der Waals surface area contributed by atoms with Crippen LogP contribution in [0.2, 0.25) is 0 Å². The van der Waals surface area contributed by atoms with E-state index in [1.807, 2.05) is 7.05 Å². The van der Waals surface area contributed by atoms with Gasteiger partial charge in [-0.3, -0.25) is 0 Å². The number of anilines is 1. The molecular weight excluding hydrogens is 226 g/mol. The van der Waals surface area contributed by atoms with Crippen LogP contribution in [0.25, 0.3) is 11.6 Å². The van der Waals surface area contributed by atoms with E-state index in [9.17, 15) is 0 Å². The summed E-state index contributed by atoms with van der Waals surface area (Å²) < 4.78 is 0. The van der Waals surface area contributed by atoms with E-state index in [1.54, 1.807) is 24.7 Å². The Morgan fingerprint density at radius 2 is 1.67 bits per heavy atom. The van der Waals surface area contributed by atoms with E-state index in [-0.39, 0.29) is 5.41 Å². The number of nitrogens with zero attached hydrogens (tertiary/aromatic N) is 4. The lowest BCUT2D eigenvalue weighted by Gasteiger charge is -2.21.